The maximum Gasteiger partial charge on any atom is 0.115 e. The van der Waals surface area contributed by atoms with Crippen LogP contribution in [0.15, 0.2) is 48.5 Å². The minimum atomic E-state index is 0.308. The van der Waals surface area contributed by atoms with Crippen molar-refractivity contribution in [2.75, 3.05) is 11.1 Å². The summed E-state index contributed by atoms with van der Waals surface area (Å²) in [4.78, 5) is 0. The SMILES string of the molecule is CCc1cc(Cc2cc(CC)c(NCc3cccc(O)c3)c(CC)c2)cc(CC)c1N. The van der Waals surface area contributed by atoms with Crippen LogP contribution in [-0.4, -0.2) is 5.11 Å². The molecule has 0 atom stereocenters. The lowest BCUT2D eigenvalue weighted by molar-refractivity contribution is 0.474. The molecule has 0 saturated carbocycles. The highest BCUT2D eigenvalue weighted by Gasteiger charge is 2.12. The summed E-state index contributed by atoms with van der Waals surface area (Å²) in [5, 5.41) is 13.4. The zero-order valence-corrected chi connectivity index (χ0v) is 19.4. The van der Waals surface area contributed by atoms with Crippen LogP contribution in [0.1, 0.15) is 66.6 Å². The standard InChI is InChI=1S/C28H36N2O/c1-5-22-13-20(14-23(6-2)27(22)29)12-21-15-24(7-3)28(25(8-4)16-21)30-18-19-10-9-11-26(31)17-19/h9-11,13-17,30-31H,5-8,12,18,29H2,1-4H3. The van der Waals surface area contributed by atoms with E-state index in [1.165, 1.54) is 39.1 Å². The highest BCUT2D eigenvalue weighted by Crippen LogP contribution is 2.29. The minimum Gasteiger partial charge on any atom is -0.508 e. The van der Waals surface area contributed by atoms with Gasteiger partial charge in [-0.3, -0.25) is 0 Å². The van der Waals surface area contributed by atoms with Gasteiger partial charge in [-0.15, -0.1) is 0 Å². The number of anilines is 2. The van der Waals surface area contributed by atoms with Crippen LogP contribution < -0.4 is 11.1 Å². The van der Waals surface area contributed by atoms with E-state index in [9.17, 15) is 5.11 Å². The molecule has 0 unspecified atom stereocenters. The Bertz CT molecular complexity index is 989. The van der Waals surface area contributed by atoms with Gasteiger partial charge in [0.15, 0.2) is 0 Å². The normalized spacial score (nSPS) is 11.0. The van der Waals surface area contributed by atoms with Crippen LogP contribution in [-0.2, 0) is 38.6 Å². The first-order valence-corrected chi connectivity index (χ1v) is 11.5. The Labute approximate surface area is 187 Å². The summed E-state index contributed by atoms with van der Waals surface area (Å²) >= 11 is 0. The van der Waals surface area contributed by atoms with Gasteiger partial charge in [0.25, 0.3) is 0 Å². The summed E-state index contributed by atoms with van der Waals surface area (Å²) in [6.45, 7) is 9.47. The predicted molar refractivity (Wildman–Crippen MR) is 133 cm³/mol. The van der Waals surface area contributed by atoms with Crippen molar-refractivity contribution in [3.05, 3.63) is 87.5 Å². The van der Waals surface area contributed by atoms with Crippen LogP contribution in [0.2, 0.25) is 0 Å². The highest BCUT2D eigenvalue weighted by atomic mass is 16.3. The minimum absolute atomic E-state index is 0.308. The molecule has 0 aromatic heterocycles. The van der Waals surface area contributed by atoms with Crippen LogP contribution in [0.3, 0.4) is 0 Å². The topological polar surface area (TPSA) is 58.3 Å². The summed E-state index contributed by atoms with van der Waals surface area (Å²) < 4.78 is 0. The van der Waals surface area contributed by atoms with Crippen molar-refractivity contribution in [2.24, 2.45) is 0 Å². The highest BCUT2D eigenvalue weighted by molar-refractivity contribution is 5.61. The molecule has 0 spiro atoms. The fourth-order valence-electron chi connectivity index (χ4n) is 4.36. The lowest BCUT2D eigenvalue weighted by Gasteiger charge is -2.19. The Hall–Kier alpha value is -2.94. The third kappa shape index (κ3) is 5.41. The molecule has 0 aliphatic carbocycles. The maximum atomic E-state index is 9.74. The number of benzene rings is 3. The molecule has 3 aromatic carbocycles. The van der Waals surface area contributed by atoms with Crippen molar-refractivity contribution >= 4 is 11.4 Å². The Morgan fingerprint density at radius 3 is 1.71 bits per heavy atom. The lowest BCUT2D eigenvalue weighted by Crippen LogP contribution is -2.07. The lowest BCUT2D eigenvalue weighted by atomic mass is 9.92. The van der Waals surface area contributed by atoms with Gasteiger partial charge < -0.3 is 16.2 Å². The molecule has 0 aliphatic heterocycles. The number of nitrogen functional groups attached to an aromatic ring is 1. The van der Waals surface area contributed by atoms with Crippen LogP contribution in [0.4, 0.5) is 11.4 Å². The van der Waals surface area contributed by atoms with E-state index in [1.54, 1.807) is 6.07 Å². The zero-order valence-electron chi connectivity index (χ0n) is 19.4. The molecule has 0 heterocycles. The Morgan fingerprint density at radius 1 is 0.710 bits per heavy atom. The summed E-state index contributed by atoms with van der Waals surface area (Å²) in [7, 11) is 0. The van der Waals surface area contributed by atoms with Crippen molar-refractivity contribution in [1.82, 2.24) is 0 Å². The smallest absolute Gasteiger partial charge is 0.115 e. The molecular weight excluding hydrogens is 380 g/mol. The average molecular weight is 417 g/mol. The molecule has 3 rings (SSSR count). The monoisotopic (exact) mass is 416 g/mol. The second-order valence-corrected chi connectivity index (χ2v) is 8.23. The van der Waals surface area contributed by atoms with E-state index in [4.69, 9.17) is 5.73 Å². The quantitative estimate of drug-likeness (QED) is 0.352. The van der Waals surface area contributed by atoms with Crippen molar-refractivity contribution in [2.45, 2.75) is 66.3 Å². The van der Waals surface area contributed by atoms with Crippen molar-refractivity contribution in [3.63, 3.8) is 0 Å². The molecule has 4 N–H and O–H groups in total. The molecule has 3 nitrogen and oxygen atoms in total. The van der Waals surface area contributed by atoms with E-state index < -0.39 is 0 Å². The number of rotatable bonds is 9. The van der Waals surface area contributed by atoms with Crippen molar-refractivity contribution < 1.29 is 5.11 Å². The predicted octanol–water partition coefficient (Wildman–Crippen LogP) is 6.43. The molecule has 0 aliphatic rings. The number of phenolic OH excluding ortho intramolecular Hbond substituents is 1. The Kier molecular flexibility index (Phi) is 7.62. The summed E-state index contributed by atoms with van der Waals surface area (Å²) in [5.74, 6) is 0.308. The van der Waals surface area contributed by atoms with Gasteiger partial charge >= 0.3 is 0 Å². The number of hydrogen-bond acceptors (Lipinski definition) is 3. The van der Waals surface area contributed by atoms with Gasteiger partial charge in [0.2, 0.25) is 0 Å². The summed E-state index contributed by atoms with van der Waals surface area (Å²) in [6, 6.07) is 16.7. The fourth-order valence-corrected chi connectivity index (χ4v) is 4.36. The average Bonchev–Trinajstić information content (AvgIpc) is 2.78. The number of nitrogens with two attached hydrogens (primary N) is 1. The first-order chi connectivity index (χ1) is 15.0. The molecular formula is C28H36N2O. The molecule has 0 amide bonds. The number of aromatic hydroxyl groups is 1. The van der Waals surface area contributed by atoms with Gasteiger partial charge in [0.1, 0.15) is 5.75 Å². The van der Waals surface area contributed by atoms with E-state index in [0.717, 1.165) is 43.4 Å². The Morgan fingerprint density at radius 2 is 1.23 bits per heavy atom. The molecule has 0 radical (unpaired) electrons. The van der Waals surface area contributed by atoms with E-state index in [1.807, 2.05) is 18.2 Å². The van der Waals surface area contributed by atoms with Crippen molar-refractivity contribution in [3.8, 4) is 5.75 Å². The molecule has 3 aromatic rings. The number of hydrogen-bond donors (Lipinski definition) is 3. The number of nitrogens with one attached hydrogen (secondary N) is 1. The van der Waals surface area contributed by atoms with Crippen LogP contribution in [0, 0.1) is 0 Å². The first kappa shape index (κ1) is 22.7. The Balaban J connectivity index is 1.89. The summed E-state index contributed by atoms with van der Waals surface area (Å²) in [6.07, 6.45) is 4.81. The number of aryl methyl sites for hydroxylation is 4. The van der Waals surface area contributed by atoms with E-state index in [-0.39, 0.29) is 0 Å². The van der Waals surface area contributed by atoms with E-state index in [2.05, 4.69) is 57.3 Å². The molecule has 3 heteroatoms. The maximum absolute atomic E-state index is 9.74. The third-order valence-corrected chi connectivity index (χ3v) is 6.08. The molecule has 0 bridgehead atoms. The van der Waals surface area contributed by atoms with Crippen LogP contribution >= 0.6 is 0 Å². The largest absolute Gasteiger partial charge is 0.508 e. The van der Waals surface area contributed by atoms with Gasteiger partial charge in [-0.05, 0) is 83.2 Å². The molecule has 164 valence electrons. The second kappa shape index (κ2) is 10.4. The van der Waals surface area contributed by atoms with E-state index in [0.29, 0.717) is 12.3 Å². The molecule has 0 fully saturated rings. The van der Waals surface area contributed by atoms with Crippen LogP contribution in [0.5, 0.6) is 5.75 Å². The second-order valence-electron chi connectivity index (χ2n) is 8.23. The van der Waals surface area contributed by atoms with Crippen LogP contribution in [0.25, 0.3) is 0 Å². The zero-order chi connectivity index (χ0) is 22.4. The van der Waals surface area contributed by atoms with E-state index >= 15 is 0 Å². The molecule has 31 heavy (non-hydrogen) atoms. The first-order valence-electron chi connectivity index (χ1n) is 11.5. The summed E-state index contributed by atoms with van der Waals surface area (Å²) in [5.41, 5.74) is 17.5. The van der Waals surface area contributed by atoms with Gasteiger partial charge in [-0.25, -0.2) is 0 Å². The fraction of sp³-hybridized carbons (Fsp3) is 0.357. The third-order valence-electron chi connectivity index (χ3n) is 6.08. The molecule has 0 saturated heterocycles. The van der Waals surface area contributed by atoms with Gasteiger partial charge in [-0.1, -0.05) is 64.1 Å². The van der Waals surface area contributed by atoms with Gasteiger partial charge in [-0.2, -0.15) is 0 Å². The van der Waals surface area contributed by atoms with Crippen molar-refractivity contribution in [1.29, 1.82) is 0 Å². The van der Waals surface area contributed by atoms with Gasteiger partial charge in [0.05, 0.1) is 0 Å². The number of phenols is 1. The van der Waals surface area contributed by atoms with Gasteiger partial charge in [0, 0.05) is 17.9 Å².